The van der Waals surface area contributed by atoms with Crippen LogP contribution in [0.1, 0.15) is 27.2 Å². The van der Waals surface area contributed by atoms with Gasteiger partial charge in [0.1, 0.15) is 11.6 Å². The molecule has 1 rings (SSSR count). The van der Waals surface area contributed by atoms with E-state index in [0.29, 0.717) is 0 Å². The maximum Gasteiger partial charge on any atom is 0.411 e. The van der Waals surface area contributed by atoms with Crippen LogP contribution >= 0.6 is 0 Å². The molecule has 1 aliphatic heterocycles. The molecular formula is C12H20FNO4. The fraction of sp³-hybridized carbons (Fsp3) is 0.833. The van der Waals surface area contributed by atoms with Crippen LogP contribution in [0.4, 0.5) is 9.18 Å². The van der Waals surface area contributed by atoms with Crippen LogP contribution in [-0.2, 0) is 14.3 Å². The normalized spacial score (nSPS) is 23.9. The number of rotatable bonds is 2. The SMILES string of the molecule is COC(=O)C1CC(CF)CN1C(=O)OC(C)(C)C. The number of amides is 1. The average molecular weight is 261 g/mol. The Labute approximate surface area is 106 Å². The van der Waals surface area contributed by atoms with E-state index in [1.165, 1.54) is 12.0 Å². The Bertz CT molecular complexity index is 327. The Morgan fingerprint density at radius 1 is 1.39 bits per heavy atom. The summed E-state index contributed by atoms with van der Waals surface area (Å²) in [6.45, 7) is 4.83. The zero-order valence-corrected chi connectivity index (χ0v) is 11.2. The zero-order chi connectivity index (χ0) is 13.9. The molecule has 1 aliphatic rings. The van der Waals surface area contributed by atoms with Gasteiger partial charge in [0.15, 0.2) is 0 Å². The lowest BCUT2D eigenvalue weighted by atomic mass is 10.1. The molecule has 104 valence electrons. The molecule has 1 heterocycles. The minimum absolute atomic E-state index is 0.186. The first kappa shape index (κ1) is 14.7. The number of likely N-dealkylation sites (tertiary alicyclic amines) is 1. The van der Waals surface area contributed by atoms with E-state index >= 15 is 0 Å². The number of carbonyl (C=O) groups excluding carboxylic acids is 2. The highest BCUT2D eigenvalue weighted by Gasteiger charge is 2.42. The highest BCUT2D eigenvalue weighted by atomic mass is 19.1. The number of ether oxygens (including phenoxy) is 2. The van der Waals surface area contributed by atoms with Gasteiger partial charge in [-0.15, -0.1) is 0 Å². The van der Waals surface area contributed by atoms with E-state index in [1.54, 1.807) is 20.8 Å². The molecule has 0 aromatic carbocycles. The fourth-order valence-corrected chi connectivity index (χ4v) is 1.92. The Balaban J connectivity index is 2.77. The molecular weight excluding hydrogens is 241 g/mol. The lowest BCUT2D eigenvalue weighted by Gasteiger charge is -2.27. The minimum Gasteiger partial charge on any atom is -0.467 e. The Hall–Kier alpha value is -1.33. The third-order valence-corrected chi connectivity index (χ3v) is 2.71. The average Bonchev–Trinajstić information content (AvgIpc) is 2.69. The summed E-state index contributed by atoms with van der Waals surface area (Å²) in [6, 6.07) is -0.745. The van der Waals surface area contributed by atoms with Crippen molar-refractivity contribution in [3.63, 3.8) is 0 Å². The maximum atomic E-state index is 12.7. The van der Waals surface area contributed by atoms with Gasteiger partial charge in [-0.25, -0.2) is 9.59 Å². The highest BCUT2D eigenvalue weighted by Crippen LogP contribution is 2.26. The van der Waals surface area contributed by atoms with Gasteiger partial charge in [0.2, 0.25) is 0 Å². The summed E-state index contributed by atoms with van der Waals surface area (Å²) in [7, 11) is 1.25. The number of methoxy groups -OCH3 is 1. The summed E-state index contributed by atoms with van der Waals surface area (Å²) < 4.78 is 22.5. The van der Waals surface area contributed by atoms with Crippen LogP contribution in [0, 0.1) is 5.92 Å². The van der Waals surface area contributed by atoms with Gasteiger partial charge < -0.3 is 9.47 Å². The van der Waals surface area contributed by atoms with Crippen molar-refractivity contribution in [1.82, 2.24) is 4.90 Å². The van der Waals surface area contributed by atoms with E-state index < -0.39 is 30.4 Å². The van der Waals surface area contributed by atoms with Crippen LogP contribution in [0.3, 0.4) is 0 Å². The van der Waals surface area contributed by atoms with Crippen molar-refractivity contribution in [1.29, 1.82) is 0 Å². The van der Waals surface area contributed by atoms with Crippen molar-refractivity contribution < 1.29 is 23.5 Å². The molecule has 0 aliphatic carbocycles. The second-order valence-corrected chi connectivity index (χ2v) is 5.43. The van der Waals surface area contributed by atoms with Gasteiger partial charge in [-0.1, -0.05) is 0 Å². The molecule has 6 heteroatoms. The van der Waals surface area contributed by atoms with Gasteiger partial charge >= 0.3 is 12.1 Å². The Kier molecular flexibility index (Phi) is 4.53. The van der Waals surface area contributed by atoms with Gasteiger partial charge in [0, 0.05) is 12.5 Å². The molecule has 1 saturated heterocycles. The van der Waals surface area contributed by atoms with Crippen LogP contribution in [0.25, 0.3) is 0 Å². The zero-order valence-electron chi connectivity index (χ0n) is 11.2. The topological polar surface area (TPSA) is 55.8 Å². The highest BCUT2D eigenvalue weighted by molar-refractivity contribution is 5.82. The largest absolute Gasteiger partial charge is 0.467 e. The molecule has 0 aromatic heterocycles. The number of esters is 1. The summed E-state index contributed by atoms with van der Waals surface area (Å²) >= 11 is 0. The van der Waals surface area contributed by atoms with Crippen molar-refractivity contribution in [3.05, 3.63) is 0 Å². The van der Waals surface area contributed by atoms with Gasteiger partial charge in [-0.2, -0.15) is 0 Å². The second-order valence-electron chi connectivity index (χ2n) is 5.43. The molecule has 0 aromatic rings. The summed E-state index contributed by atoms with van der Waals surface area (Å²) in [5, 5.41) is 0. The summed E-state index contributed by atoms with van der Waals surface area (Å²) in [5.74, 6) is -0.863. The molecule has 0 spiro atoms. The number of carbonyl (C=O) groups is 2. The molecule has 1 fully saturated rings. The monoisotopic (exact) mass is 261 g/mol. The van der Waals surface area contributed by atoms with Crippen LogP contribution < -0.4 is 0 Å². The van der Waals surface area contributed by atoms with Crippen molar-refractivity contribution in [2.75, 3.05) is 20.3 Å². The fourth-order valence-electron chi connectivity index (χ4n) is 1.92. The molecule has 18 heavy (non-hydrogen) atoms. The first-order chi connectivity index (χ1) is 8.28. The second kappa shape index (κ2) is 5.54. The smallest absolute Gasteiger partial charge is 0.411 e. The number of alkyl halides is 1. The summed E-state index contributed by atoms with van der Waals surface area (Å²) in [4.78, 5) is 24.7. The van der Waals surface area contributed by atoms with E-state index in [4.69, 9.17) is 4.74 Å². The van der Waals surface area contributed by atoms with Crippen molar-refractivity contribution in [2.24, 2.45) is 5.92 Å². The van der Waals surface area contributed by atoms with Crippen LogP contribution in [0.2, 0.25) is 0 Å². The lowest BCUT2D eigenvalue weighted by molar-refractivity contribution is -0.145. The molecule has 5 nitrogen and oxygen atoms in total. The lowest BCUT2D eigenvalue weighted by Crippen LogP contribution is -2.43. The third kappa shape index (κ3) is 3.58. The quantitative estimate of drug-likeness (QED) is 0.711. The molecule has 0 radical (unpaired) electrons. The molecule has 2 unspecified atom stereocenters. The van der Waals surface area contributed by atoms with Crippen LogP contribution in [0.15, 0.2) is 0 Å². The molecule has 2 atom stereocenters. The van der Waals surface area contributed by atoms with E-state index in [9.17, 15) is 14.0 Å². The molecule has 0 N–H and O–H groups in total. The van der Waals surface area contributed by atoms with Crippen molar-refractivity contribution in [2.45, 2.75) is 38.8 Å². The van der Waals surface area contributed by atoms with E-state index in [-0.39, 0.29) is 18.9 Å². The third-order valence-electron chi connectivity index (χ3n) is 2.71. The summed E-state index contributed by atoms with van der Waals surface area (Å²) in [6.07, 6.45) is -0.323. The molecule has 0 saturated carbocycles. The Morgan fingerprint density at radius 2 is 2.00 bits per heavy atom. The Morgan fingerprint density at radius 3 is 2.44 bits per heavy atom. The molecule has 1 amide bonds. The predicted octanol–water partition coefficient (Wildman–Crippen LogP) is 1.75. The van der Waals surface area contributed by atoms with Gasteiger partial charge in [0.05, 0.1) is 13.8 Å². The van der Waals surface area contributed by atoms with Crippen LogP contribution in [0.5, 0.6) is 0 Å². The maximum absolute atomic E-state index is 12.7. The first-order valence-electron chi connectivity index (χ1n) is 5.92. The minimum atomic E-state index is -0.745. The van der Waals surface area contributed by atoms with Crippen LogP contribution in [-0.4, -0.2) is 48.9 Å². The van der Waals surface area contributed by atoms with Gasteiger partial charge in [-0.05, 0) is 27.2 Å². The van der Waals surface area contributed by atoms with Crippen molar-refractivity contribution in [3.8, 4) is 0 Å². The van der Waals surface area contributed by atoms with Gasteiger partial charge in [-0.3, -0.25) is 9.29 Å². The van der Waals surface area contributed by atoms with E-state index in [0.717, 1.165) is 0 Å². The van der Waals surface area contributed by atoms with E-state index in [1.807, 2.05) is 0 Å². The number of hydrogen-bond donors (Lipinski definition) is 0. The first-order valence-corrected chi connectivity index (χ1v) is 5.92. The number of nitrogens with zero attached hydrogens (tertiary/aromatic N) is 1. The standard InChI is InChI=1S/C12H20FNO4/c1-12(2,3)18-11(16)14-7-8(6-13)5-9(14)10(15)17-4/h8-9H,5-7H2,1-4H3. The summed E-state index contributed by atoms with van der Waals surface area (Å²) in [5.41, 5.74) is -0.647. The van der Waals surface area contributed by atoms with Gasteiger partial charge in [0.25, 0.3) is 0 Å². The molecule has 0 bridgehead atoms. The predicted molar refractivity (Wildman–Crippen MR) is 62.8 cm³/mol. The number of hydrogen-bond acceptors (Lipinski definition) is 4. The van der Waals surface area contributed by atoms with Crippen molar-refractivity contribution >= 4 is 12.1 Å². The van der Waals surface area contributed by atoms with E-state index in [2.05, 4.69) is 4.74 Å². The number of halogens is 1.